The van der Waals surface area contributed by atoms with Crippen molar-refractivity contribution in [2.75, 3.05) is 5.32 Å². The fourth-order valence-electron chi connectivity index (χ4n) is 2.32. The molecule has 0 atom stereocenters. The number of hydrogen-bond acceptors (Lipinski definition) is 3. The Morgan fingerprint density at radius 3 is 2.44 bits per heavy atom. The number of carbonyl (C=O) groups is 2. The van der Waals surface area contributed by atoms with Crippen molar-refractivity contribution in [1.82, 2.24) is 5.43 Å². The molecule has 6 heteroatoms. The Hall–Kier alpha value is -3.54. The van der Waals surface area contributed by atoms with Crippen molar-refractivity contribution in [1.29, 1.82) is 0 Å². The number of amides is 2. The second kappa shape index (κ2) is 7.35. The van der Waals surface area contributed by atoms with Crippen LogP contribution in [0.15, 0.2) is 71.8 Å². The van der Waals surface area contributed by atoms with E-state index < -0.39 is 17.6 Å². The molecule has 3 aromatic carbocycles. The SMILES string of the molecule is O=C(N/N=C/c1cccc2ccccc12)C(=O)Nc1ccccc1F. The van der Waals surface area contributed by atoms with Crippen molar-refractivity contribution in [3.63, 3.8) is 0 Å². The lowest BCUT2D eigenvalue weighted by Crippen LogP contribution is -2.32. The number of nitrogens with one attached hydrogen (secondary N) is 2. The van der Waals surface area contributed by atoms with E-state index in [0.29, 0.717) is 0 Å². The molecule has 3 rings (SSSR count). The van der Waals surface area contributed by atoms with E-state index in [9.17, 15) is 14.0 Å². The molecular formula is C19H14FN3O2. The maximum Gasteiger partial charge on any atom is 0.329 e. The van der Waals surface area contributed by atoms with Crippen LogP contribution in [0.3, 0.4) is 0 Å². The van der Waals surface area contributed by atoms with E-state index in [1.807, 2.05) is 42.5 Å². The summed E-state index contributed by atoms with van der Waals surface area (Å²) >= 11 is 0. The van der Waals surface area contributed by atoms with Gasteiger partial charge in [-0.1, -0.05) is 54.6 Å². The van der Waals surface area contributed by atoms with Gasteiger partial charge in [0.2, 0.25) is 0 Å². The Kier molecular flexibility index (Phi) is 4.80. The molecule has 2 amide bonds. The van der Waals surface area contributed by atoms with Crippen LogP contribution >= 0.6 is 0 Å². The molecule has 0 saturated heterocycles. The van der Waals surface area contributed by atoms with Crippen LogP contribution in [0.1, 0.15) is 5.56 Å². The normalized spacial score (nSPS) is 10.8. The highest BCUT2D eigenvalue weighted by Gasteiger charge is 2.14. The van der Waals surface area contributed by atoms with Crippen LogP contribution in [0.25, 0.3) is 10.8 Å². The third-order valence-electron chi connectivity index (χ3n) is 3.52. The van der Waals surface area contributed by atoms with E-state index in [4.69, 9.17) is 0 Å². The number of anilines is 1. The van der Waals surface area contributed by atoms with Gasteiger partial charge in [0.05, 0.1) is 11.9 Å². The first-order chi connectivity index (χ1) is 12.1. The Labute approximate surface area is 143 Å². The lowest BCUT2D eigenvalue weighted by atomic mass is 10.1. The zero-order valence-electron chi connectivity index (χ0n) is 13.1. The minimum atomic E-state index is -1.000. The van der Waals surface area contributed by atoms with Crippen molar-refractivity contribution in [2.24, 2.45) is 5.10 Å². The molecule has 124 valence electrons. The van der Waals surface area contributed by atoms with Crippen LogP contribution in [0.2, 0.25) is 0 Å². The zero-order valence-corrected chi connectivity index (χ0v) is 13.1. The molecule has 0 saturated carbocycles. The number of rotatable bonds is 3. The molecule has 0 radical (unpaired) electrons. The van der Waals surface area contributed by atoms with Crippen LogP contribution in [-0.4, -0.2) is 18.0 Å². The first-order valence-corrected chi connectivity index (χ1v) is 7.52. The van der Waals surface area contributed by atoms with E-state index in [1.165, 1.54) is 24.4 Å². The smallest absolute Gasteiger partial charge is 0.315 e. The van der Waals surface area contributed by atoms with Crippen molar-refractivity contribution in [3.05, 3.63) is 78.1 Å². The van der Waals surface area contributed by atoms with Gasteiger partial charge in [-0.25, -0.2) is 9.82 Å². The van der Waals surface area contributed by atoms with Crippen LogP contribution in [0.4, 0.5) is 10.1 Å². The summed E-state index contributed by atoms with van der Waals surface area (Å²) < 4.78 is 13.5. The van der Waals surface area contributed by atoms with Gasteiger partial charge < -0.3 is 5.32 Å². The number of hydrogen-bond donors (Lipinski definition) is 2. The standard InChI is InChI=1S/C19H14FN3O2/c20-16-10-3-4-11-17(16)22-18(24)19(25)23-21-12-14-8-5-7-13-6-1-2-9-15(13)14/h1-12H,(H,22,24)(H,23,25)/b21-12+. The number of hydrazone groups is 1. The Bertz CT molecular complexity index is 964. The van der Waals surface area contributed by atoms with Crippen LogP contribution < -0.4 is 10.7 Å². The molecule has 0 bridgehead atoms. The third kappa shape index (κ3) is 3.87. The molecular weight excluding hydrogens is 321 g/mol. The summed E-state index contributed by atoms with van der Waals surface area (Å²) in [7, 11) is 0. The quantitative estimate of drug-likeness (QED) is 0.439. The summed E-state index contributed by atoms with van der Waals surface area (Å²) in [5, 5.41) is 7.99. The highest BCUT2D eigenvalue weighted by atomic mass is 19.1. The van der Waals surface area contributed by atoms with Crippen LogP contribution in [0, 0.1) is 5.82 Å². The zero-order chi connectivity index (χ0) is 17.6. The third-order valence-corrected chi connectivity index (χ3v) is 3.52. The van der Waals surface area contributed by atoms with E-state index in [0.717, 1.165) is 16.3 Å². The van der Waals surface area contributed by atoms with Crippen molar-refractivity contribution in [2.45, 2.75) is 0 Å². The molecule has 0 aromatic heterocycles. The Balaban J connectivity index is 1.66. The summed E-state index contributed by atoms with van der Waals surface area (Å²) in [4.78, 5) is 23.5. The molecule has 25 heavy (non-hydrogen) atoms. The minimum Gasteiger partial charge on any atom is -0.315 e. The Morgan fingerprint density at radius 2 is 1.60 bits per heavy atom. The number of halogens is 1. The summed E-state index contributed by atoms with van der Waals surface area (Å²) in [6, 6.07) is 19.0. The van der Waals surface area contributed by atoms with Gasteiger partial charge in [0.1, 0.15) is 5.82 Å². The maximum atomic E-state index is 13.5. The number of carbonyl (C=O) groups excluding carboxylic acids is 2. The van der Waals surface area contributed by atoms with Gasteiger partial charge in [-0.2, -0.15) is 5.10 Å². The predicted molar refractivity (Wildman–Crippen MR) is 94.7 cm³/mol. The lowest BCUT2D eigenvalue weighted by Gasteiger charge is -2.05. The van der Waals surface area contributed by atoms with E-state index >= 15 is 0 Å². The highest BCUT2D eigenvalue weighted by Crippen LogP contribution is 2.16. The molecule has 0 heterocycles. The summed E-state index contributed by atoms with van der Waals surface area (Å²) in [6.07, 6.45) is 1.45. The molecule has 0 fully saturated rings. The van der Waals surface area contributed by atoms with Crippen molar-refractivity contribution >= 4 is 34.5 Å². The van der Waals surface area contributed by atoms with Crippen molar-refractivity contribution in [3.8, 4) is 0 Å². The average Bonchev–Trinajstić information content (AvgIpc) is 2.63. The van der Waals surface area contributed by atoms with Gasteiger partial charge in [0.25, 0.3) is 0 Å². The molecule has 5 nitrogen and oxygen atoms in total. The van der Waals surface area contributed by atoms with Crippen LogP contribution in [-0.2, 0) is 9.59 Å². The van der Waals surface area contributed by atoms with E-state index in [-0.39, 0.29) is 5.69 Å². The van der Waals surface area contributed by atoms with Crippen molar-refractivity contribution < 1.29 is 14.0 Å². The van der Waals surface area contributed by atoms with Gasteiger partial charge >= 0.3 is 11.8 Å². The number of fused-ring (bicyclic) bond motifs is 1. The second-order valence-corrected chi connectivity index (χ2v) is 5.20. The van der Waals surface area contributed by atoms with Gasteiger partial charge in [0.15, 0.2) is 0 Å². The molecule has 3 aromatic rings. The van der Waals surface area contributed by atoms with E-state index in [2.05, 4.69) is 15.8 Å². The van der Waals surface area contributed by atoms with Gasteiger partial charge in [0, 0.05) is 5.56 Å². The second-order valence-electron chi connectivity index (χ2n) is 5.20. The molecule has 0 unspecified atom stereocenters. The molecule has 0 aliphatic rings. The first-order valence-electron chi connectivity index (χ1n) is 7.52. The first kappa shape index (κ1) is 16.3. The molecule has 0 spiro atoms. The highest BCUT2D eigenvalue weighted by molar-refractivity contribution is 6.39. The topological polar surface area (TPSA) is 70.6 Å². The monoisotopic (exact) mass is 335 g/mol. The summed E-state index contributed by atoms with van der Waals surface area (Å²) in [5.41, 5.74) is 2.86. The fraction of sp³-hybridized carbons (Fsp3) is 0. The molecule has 2 N–H and O–H groups in total. The van der Waals surface area contributed by atoms with Crippen LogP contribution in [0.5, 0.6) is 0 Å². The number of benzene rings is 3. The molecule has 0 aliphatic carbocycles. The lowest BCUT2D eigenvalue weighted by molar-refractivity contribution is -0.136. The average molecular weight is 335 g/mol. The maximum absolute atomic E-state index is 13.5. The minimum absolute atomic E-state index is 0.0688. The summed E-state index contributed by atoms with van der Waals surface area (Å²) in [5.74, 6) is -2.61. The fourth-order valence-corrected chi connectivity index (χ4v) is 2.32. The summed E-state index contributed by atoms with van der Waals surface area (Å²) in [6.45, 7) is 0. The number of para-hydroxylation sites is 1. The Morgan fingerprint density at radius 1 is 0.880 bits per heavy atom. The van der Waals surface area contributed by atoms with Gasteiger partial charge in [-0.05, 0) is 22.9 Å². The van der Waals surface area contributed by atoms with Gasteiger partial charge in [-0.3, -0.25) is 9.59 Å². The van der Waals surface area contributed by atoms with E-state index in [1.54, 1.807) is 6.07 Å². The van der Waals surface area contributed by atoms with Gasteiger partial charge in [-0.15, -0.1) is 0 Å². The number of nitrogens with zero attached hydrogens (tertiary/aromatic N) is 1. The molecule has 0 aliphatic heterocycles. The largest absolute Gasteiger partial charge is 0.329 e. The predicted octanol–water partition coefficient (Wildman–Crippen LogP) is 3.07.